The summed E-state index contributed by atoms with van der Waals surface area (Å²) < 4.78 is 17.5. The van der Waals surface area contributed by atoms with Gasteiger partial charge < -0.3 is 10.1 Å². The quantitative estimate of drug-likeness (QED) is 0.798. The molecule has 0 aliphatic heterocycles. The standard InChI is InChI=1S/C13H19Cl2NO2S/c1-3-6-16-11(8-18-2)9-19(17)13-7-10(14)4-5-12(13)15/h4-5,7,11,16H,3,6,8-9H2,1-2H3. The van der Waals surface area contributed by atoms with Crippen molar-refractivity contribution in [2.75, 3.05) is 26.0 Å². The first-order valence-corrected chi connectivity index (χ1v) is 8.21. The molecule has 19 heavy (non-hydrogen) atoms. The van der Waals surface area contributed by atoms with Crippen molar-refractivity contribution in [2.45, 2.75) is 24.3 Å². The van der Waals surface area contributed by atoms with Gasteiger partial charge in [-0.1, -0.05) is 30.1 Å². The van der Waals surface area contributed by atoms with Crippen LogP contribution in [0.4, 0.5) is 0 Å². The van der Waals surface area contributed by atoms with E-state index in [1.165, 1.54) is 0 Å². The summed E-state index contributed by atoms with van der Waals surface area (Å²) in [6, 6.07) is 5.05. The molecule has 0 fully saturated rings. The Balaban J connectivity index is 2.72. The van der Waals surface area contributed by atoms with Crippen molar-refractivity contribution >= 4 is 34.0 Å². The second-order valence-corrected chi connectivity index (χ2v) is 6.50. The maximum atomic E-state index is 12.3. The van der Waals surface area contributed by atoms with E-state index in [2.05, 4.69) is 12.2 Å². The van der Waals surface area contributed by atoms with Crippen LogP contribution in [0.25, 0.3) is 0 Å². The molecule has 0 aliphatic rings. The van der Waals surface area contributed by atoms with E-state index >= 15 is 0 Å². The van der Waals surface area contributed by atoms with Crippen LogP contribution in [0, 0.1) is 0 Å². The van der Waals surface area contributed by atoms with Crippen LogP contribution in [0.3, 0.4) is 0 Å². The Hall–Kier alpha value is -0.130. The molecule has 0 aromatic heterocycles. The number of benzene rings is 1. The van der Waals surface area contributed by atoms with Gasteiger partial charge in [0.05, 0.1) is 27.3 Å². The van der Waals surface area contributed by atoms with E-state index in [0.29, 0.717) is 27.3 Å². The fraction of sp³-hybridized carbons (Fsp3) is 0.538. The molecule has 0 bridgehead atoms. The van der Waals surface area contributed by atoms with Crippen molar-refractivity contribution < 1.29 is 8.95 Å². The largest absolute Gasteiger partial charge is 0.383 e. The molecule has 0 saturated heterocycles. The van der Waals surface area contributed by atoms with Crippen LogP contribution in [0.5, 0.6) is 0 Å². The molecule has 3 nitrogen and oxygen atoms in total. The van der Waals surface area contributed by atoms with Crippen LogP contribution in [-0.2, 0) is 15.5 Å². The zero-order valence-corrected chi connectivity index (χ0v) is 13.4. The highest BCUT2D eigenvalue weighted by atomic mass is 35.5. The predicted octanol–water partition coefficient (Wildman–Crippen LogP) is 3.12. The lowest BCUT2D eigenvalue weighted by Gasteiger charge is -2.17. The highest BCUT2D eigenvalue weighted by molar-refractivity contribution is 7.85. The fourth-order valence-corrected chi connectivity index (χ4v) is 3.56. The van der Waals surface area contributed by atoms with Crippen LogP contribution in [0.1, 0.15) is 13.3 Å². The SMILES string of the molecule is CCCNC(COC)CS(=O)c1cc(Cl)ccc1Cl. The van der Waals surface area contributed by atoms with Crippen molar-refractivity contribution in [2.24, 2.45) is 0 Å². The molecule has 0 spiro atoms. The van der Waals surface area contributed by atoms with Crippen molar-refractivity contribution in [1.82, 2.24) is 5.32 Å². The van der Waals surface area contributed by atoms with Crippen molar-refractivity contribution in [3.05, 3.63) is 28.2 Å². The summed E-state index contributed by atoms with van der Waals surface area (Å²) in [6.07, 6.45) is 1.02. The molecule has 1 aromatic carbocycles. The first kappa shape index (κ1) is 16.9. The van der Waals surface area contributed by atoms with Gasteiger partial charge in [0.2, 0.25) is 0 Å². The van der Waals surface area contributed by atoms with Gasteiger partial charge in [-0.05, 0) is 31.2 Å². The van der Waals surface area contributed by atoms with Gasteiger partial charge in [-0.3, -0.25) is 4.21 Å². The first-order valence-electron chi connectivity index (χ1n) is 6.14. The minimum absolute atomic E-state index is 0.0424. The molecule has 1 aromatic rings. The fourth-order valence-electron chi connectivity index (χ4n) is 1.64. The average molecular weight is 324 g/mol. The molecule has 0 radical (unpaired) electrons. The molecule has 0 amide bonds. The number of halogens is 2. The van der Waals surface area contributed by atoms with Gasteiger partial charge in [-0.15, -0.1) is 0 Å². The first-order chi connectivity index (χ1) is 9.08. The summed E-state index contributed by atoms with van der Waals surface area (Å²) in [6.45, 7) is 3.47. The van der Waals surface area contributed by atoms with Crippen molar-refractivity contribution in [3.8, 4) is 0 Å². The van der Waals surface area contributed by atoms with Crippen LogP contribution >= 0.6 is 23.2 Å². The van der Waals surface area contributed by atoms with E-state index < -0.39 is 10.8 Å². The number of hydrogen-bond acceptors (Lipinski definition) is 3. The molecule has 0 aliphatic carbocycles. The molecular formula is C13H19Cl2NO2S. The Bertz CT molecular complexity index is 429. The molecule has 6 heteroatoms. The number of rotatable bonds is 8. The Morgan fingerprint density at radius 1 is 1.42 bits per heavy atom. The molecular weight excluding hydrogens is 305 g/mol. The molecule has 2 atom stereocenters. The third kappa shape index (κ3) is 5.79. The van der Waals surface area contributed by atoms with Gasteiger partial charge >= 0.3 is 0 Å². The average Bonchev–Trinajstić information content (AvgIpc) is 2.39. The van der Waals surface area contributed by atoms with E-state index in [-0.39, 0.29) is 6.04 Å². The normalized spacial score (nSPS) is 14.3. The van der Waals surface area contributed by atoms with E-state index in [9.17, 15) is 4.21 Å². The monoisotopic (exact) mass is 323 g/mol. The molecule has 0 heterocycles. The van der Waals surface area contributed by atoms with Crippen LogP contribution in [0.2, 0.25) is 10.0 Å². The Kier molecular flexibility index (Phi) is 7.95. The minimum atomic E-state index is -1.20. The van der Waals surface area contributed by atoms with E-state index in [0.717, 1.165) is 13.0 Å². The third-order valence-electron chi connectivity index (χ3n) is 2.54. The summed E-state index contributed by atoms with van der Waals surface area (Å²) in [5.41, 5.74) is 0. The third-order valence-corrected chi connectivity index (χ3v) is 4.75. The summed E-state index contributed by atoms with van der Waals surface area (Å²) in [7, 11) is 0.436. The second kappa shape index (κ2) is 8.93. The summed E-state index contributed by atoms with van der Waals surface area (Å²) in [4.78, 5) is 0.577. The van der Waals surface area contributed by atoms with Gasteiger partial charge in [-0.25, -0.2) is 0 Å². The highest BCUT2D eigenvalue weighted by Crippen LogP contribution is 2.24. The smallest absolute Gasteiger partial charge is 0.0624 e. The van der Waals surface area contributed by atoms with Gasteiger partial charge in [0.15, 0.2) is 0 Å². The maximum Gasteiger partial charge on any atom is 0.0624 e. The van der Waals surface area contributed by atoms with Gasteiger partial charge in [0.25, 0.3) is 0 Å². The summed E-state index contributed by atoms with van der Waals surface area (Å²) in [5.74, 6) is 0.452. The lowest BCUT2D eigenvalue weighted by Crippen LogP contribution is -2.38. The van der Waals surface area contributed by atoms with Gasteiger partial charge in [-0.2, -0.15) is 0 Å². The van der Waals surface area contributed by atoms with Crippen LogP contribution in [-0.4, -0.2) is 36.3 Å². The molecule has 0 saturated carbocycles. The van der Waals surface area contributed by atoms with E-state index in [1.807, 2.05) is 0 Å². The number of nitrogens with one attached hydrogen (secondary N) is 1. The molecule has 2 unspecified atom stereocenters. The zero-order chi connectivity index (χ0) is 14.3. The topological polar surface area (TPSA) is 38.3 Å². The van der Waals surface area contributed by atoms with Gasteiger partial charge in [0.1, 0.15) is 0 Å². The van der Waals surface area contributed by atoms with Crippen molar-refractivity contribution in [1.29, 1.82) is 0 Å². The molecule has 1 rings (SSSR count). The Labute approximate surface area is 127 Å². The summed E-state index contributed by atoms with van der Waals surface area (Å²) >= 11 is 12.0. The number of methoxy groups -OCH3 is 1. The summed E-state index contributed by atoms with van der Waals surface area (Å²) in [5, 5.41) is 4.33. The Morgan fingerprint density at radius 3 is 2.79 bits per heavy atom. The van der Waals surface area contributed by atoms with E-state index in [1.54, 1.807) is 25.3 Å². The lowest BCUT2D eigenvalue weighted by atomic mass is 10.3. The second-order valence-electron chi connectivity index (χ2n) is 4.19. The van der Waals surface area contributed by atoms with Crippen LogP contribution < -0.4 is 5.32 Å². The molecule has 1 N–H and O–H groups in total. The highest BCUT2D eigenvalue weighted by Gasteiger charge is 2.16. The minimum Gasteiger partial charge on any atom is -0.383 e. The zero-order valence-electron chi connectivity index (χ0n) is 11.1. The number of hydrogen-bond donors (Lipinski definition) is 1. The van der Waals surface area contributed by atoms with E-state index in [4.69, 9.17) is 27.9 Å². The molecule has 108 valence electrons. The Morgan fingerprint density at radius 2 is 2.16 bits per heavy atom. The predicted molar refractivity (Wildman–Crippen MR) is 81.7 cm³/mol. The van der Waals surface area contributed by atoms with Crippen LogP contribution in [0.15, 0.2) is 23.1 Å². The van der Waals surface area contributed by atoms with Gasteiger partial charge in [0, 0.05) is 23.9 Å². The number of ether oxygens (including phenoxy) is 1. The lowest BCUT2D eigenvalue weighted by molar-refractivity contribution is 0.173. The maximum absolute atomic E-state index is 12.3. The van der Waals surface area contributed by atoms with Crippen molar-refractivity contribution in [3.63, 3.8) is 0 Å².